The van der Waals surface area contributed by atoms with E-state index in [4.69, 9.17) is 5.73 Å². The lowest BCUT2D eigenvalue weighted by Gasteiger charge is -2.18. The third-order valence-electron chi connectivity index (χ3n) is 2.40. The largest absolute Gasteiger partial charge is 0.378 e. The highest BCUT2D eigenvalue weighted by Crippen LogP contribution is 2.22. The van der Waals surface area contributed by atoms with Crippen molar-refractivity contribution in [1.82, 2.24) is 4.72 Å². The first-order chi connectivity index (χ1) is 9.18. The van der Waals surface area contributed by atoms with Crippen molar-refractivity contribution in [2.24, 2.45) is 5.73 Å². The van der Waals surface area contributed by atoms with Crippen molar-refractivity contribution in [1.29, 1.82) is 0 Å². The van der Waals surface area contributed by atoms with Crippen LogP contribution in [0.25, 0.3) is 0 Å². The molecule has 0 saturated carbocycles. The van der Waals surface area contributed by atoms with E-state index in [2.05, 4.69) is 10.0 Å². The van der Waals surface area contributed by atoms with Gasteiger partial charge < -0.3 is 11.1 Å². The third kappa shape index (κ3) is 4.69. The van der Waals surface area contributed by atoms with Gasteiger partial charge in [-0.3, -0.25) is 0 Å². The number of nitrogens with two attached hydrogens (primary N) is 1. The van der Waals surface area contributed by atoms with Gasteiger partial charge in [-0.2, -0.15) is 0 Å². The highest BCUT2D eigenvalue weighted by Gasteiger charge is 2.27. The van der Waals surface area contributed by atoms with Crippen LogP contribution >= 0.6 is 0 Å². The number of alkyl halides is 2. The standard InChI is InChI=1S/C12H19F2N3O2S/c1-9(2)17-20(18,19)11-6-4-3-5-10(11)16-8-12(13,14)7-15/h3-6,9,16-17H,7-8,15H2,1-2H3. The van der Waals surface area contributed by atoms with E-state index in [1.807, 2.05) is 0 Å². The van der Waals surface area contributed by atoms with Gasteiger partial charge in [-0.05, 0) is 26.0 Å². The van der Waals surface area contributed by atoms with Gasteiger partial charge in [0, 0.05) is 6.04 Å². The molecule has 5 nitrogen and oxygen atoms in total. The maximum Gasteiger partial charge on any atom is 0.276 e. The first-order valence-electron chi connectivity index (χ1n) is 6.11. The summed E-state index contributed by atoms with van der Waals surface area (Å²) in [5, 5.41) is 2.43. The van der Waals surface area contributed by atoms with Gasteiger partial charge in [-0.15, -0.1) is 0 Å². The molecular weight excluding hydrogens is 288 g/mol. The SMILES string of the molecule is CC(C)NS(=O)(=O)c1ccccc1NCC(F)(F)CN. The molecule has 0 atom stereocenters. The summed E-state index contributed by atoms with van der Waals surface area (Å²) in [5.41, 5.74) is 5.06. The van der Waals surface area contributed by atoms with E-state index in [1.165, 1.54) is 18.2 Å². The summed E-state index contributed by atoms with van der Waals surface area (Å²) in [6.45, 7) is 1.82. The molecule has 0 amide bonds. The van der Waals surface area contributed by atoms with Crippen LogP contribution in [0.4, 0.5) is 14.5 Å². The molecule has 0 fully saturated rings. The molecule has 1 aromatic carbocycles. The van der Waals surface area contributed by atoms with Crippen LogP contribution in [0, 0.1) is 0 Å². The monoisotopic (exact) mass is 307 g/mol. The van der Waals surface area contributed by atoms with Crippen LogP contribution in [-0.4, -0.2) is 33.5 Å². The van der Waals surface area contributed by atoms with Crippen LogP contribution in [0.1, 0.15) is 13.8 Å². The molecule has 0 aliphatic rings. The zero-order valence-electron chi connectivity index (χ0n) is 11.4. The van der Waals surface area contributed by atoms with Crippen molar-refractivity contribution in [3.63, 3.8) is 0 Å². The van der Waals surface area contributed by atoms with Crippen LogP contribution in [0.15, 0.2) is 29.2 Å². The number of para-hydroxylation sites is 1. The lowest BCUT2D eigenvalue weighted by Crippen LogP contribution is -2.36. The van der Waals surface area contributed by atoms with Crippen molar-refractivity contribution < 1.29 is 17.2 Å². The fourth-order valence-corrected chi connectivity index (χ4v) is 2.95. The quantitative estimate of drug-likeness (QED) is 0.710. The Morgan fingerprint density at radius 1 is 1.30 bits per heavy atom. The molecule has 0 radical (unpaired) electrons. The summed E-state index contributed by atoms with van der Waals surface area (Å²) in [4.78, 5) is -0.0680. The average Bonchev–Trinajstić information content (AvgIpc) is 2.35. The Hall–Kier alpha value is -1.25. The Kier molecular flexibility index (Phi) is 5.43. The van der Waals surface area contributed by atoms with Gasteiger partial charge in [0.15, 0.2) is 0 Å². The lowest BCUT2D eigenvalue weighted by molar-refractivity contribution is 0.0253. The Bertz CT molecular complexity index is 547. The first-order valence-corrected chi connectivity index (χ1v) is 7.59. The summed E-state index contributed by atoms with van der Waals surface area (Å²) in [6, 6.07) is 5.59. The molecule has 4 N–H and O–H groups in total. The molecule has 0 unspecified atom stereocenters. The number of benzene rings is 1. The van der Waals surface area contributed by atoms with Gasteiger partial charge in [-0.1, -0.05) is 12.1 Å². The van der Waals surface area contributed by atoms with Crippen molar-refractivity contribution in [2.75, 3.05) is 18.4 Å². The zero-order valence-corrected chi connectivity index (χ0v) is 12.2. The van der Waals surface area contributed by atoms with Gasteiger partial charge in [0.25, 0.3) is 5.92 Å². The van der Waals surface area contributed by atoms with Crippen LogP contribution in [0.2, 0.25) is 0 Å². The summed E-state index contributed by atoms with van der Waals surface area (Å²) in [6.07, 6.45) is 0. The van der Waals surface area contributed by atoms with Crippen molar-refractivity contribution in [3.8, 4) is 0 Å². The first kappa shape index (κ1) is 16.8. The fraction of sp³-hybridized carbons (Fsp3) is 0.500. The summed E-state index contributed by atoms with van der Waals surface area (Å²) in [7, 11) is -3.75. The molecule has 0 spiro atoms. The number of rotatable bonds is 7. The van der Waals surface area contributed by atoms with Crippen molar-refractivity contribution >= 4 is 15.7 Å². The minimum absolute atomic E-state index is 0.0680. The van der Waals surface area contributed by atoms with E-state index >= 15 is 0 Å². The average molecular weight is 307 g/mol. The van der Waals surface area contributed by atoms with E-state index < -0.39 is 29.0 Å². The molecule has 0 saturated heterocycles. The lowest BCUT2D eigenvalue weighted by atomic mass is 10.3. The molecular formula is C12H19F2N3O2S. The third-order valence-corrected chi connectivity index (χ3v) is 4.12. The van der Waals surface area contributed by atoms with Crippen LogP contribution < -0.4 is 15.8 Å². The second kappa shape index (κ2) is 6.47. The predicted molar refractivity (Wildman–Crippen MR) is 74.4 cm³/mol. The second-order valence-corrected chi connectivity index (χ2v) is 6.37. The van der Waals surface area contributed by atoms with Gasteiger partial charge in [0.2, 0.25) is 10.0 Å². The molecule has 1 aromatic rings. The van der Waals surface area contributed by atoms with Crippen molar-refractivity contribution in [3.05, 3.63) is 24.3 Å². The van der Waals surface area contributed by atoms with Crippen LogP contribution in [0.3, 0.4) is 0 Å². The normalized spacial score (nSPS) is 12.7. The molecule has 0 aliphatic heterocycles. The summed E-state index contributed by atoms with van der Waals surface area (Å²) < 4.78 is 52.8. The number of hydrogen-bond acceptors (Lipinski definition) is 4. The molecule has 20 heavy (non-hydrogen) atoms. The highest BCUT2D eigenvalue weighted by molar-refractivity contribution is 7.89. The van der Waals surface area contributed by atoms with Crippen LogP contribution in [-0.2, 0) is 10.0 Å². The Morgan fingerprint density at radius 3 is 2.45 bits per heavy atom. The Balaban J connectivity index is 3.00. The minimum Gasteiger partial charge on any atom is -0.378 e. The summed E-state index contributed by atoms with van der Waals surface area (Å²) in [5.74, 6) is -3.09. The van der Waals surface area contributed by atoms with Gasteiger partial charge in [0.05, 0.1) is 18.8 Å². The molecule has 114 valence electrons. The van der Waals surface area contributed by atoms with E-state index in [1.54, 1.807) is 19.9 Å². The number of anilines is 1. The van der Waals surface area contributed by atoms with E-state index in [0.717, 1.165) is 0 Å². The summed E-state index contributed by atoms with van der Waals surface area (Å²) >= 11 is 0. The van der Waals surface area contributed by atoms with E-state index in [9.17, 15) is 17.2 Å². The molecule has 8 heteroatoms. The molecule has 0 bridgehead atoms. The van der Waals surface area contributed by atoms with Gasteiger partial charge in [0.1, 0.15) is 4.90 Å². The fourth-order valence-electron chi connectivity index (χ4n) is 1.52. The number of halogens is 2. The number of hydrogen-bond donors (Lipinski definition) is 3. The highest BCUT2D eigenvalue weighted by atomic mass is 32.2. The maximum absolute atomic E-state index is 13.1. The van der Waals surface area contributed by atoms with Gasteiger partial charge >= 0.3 is 0 Å². The van der Waals surface area contributed by atoms with E-state index in [-0.39, 0.29) is 16.6 Å². The molecule has 0 aromatic heterocycles. The molecule has 0 heterocycles. The molecule has 1 rings (SSSR count). The second-order valence-electron chi connectivity index (χ2n) is 4.69. The zero-order chi connectivity index (χ0) is 15.4. The van der Waals surface area contributed by atoms with Gasteiger partial charge in [-0.25, -0.2) is 21.9 Å². The Labute approximate surface area is 117 Å². The van der Waals surface area contributed by atoms with Crippen LogP contribution in [0.5, 0.6) is 0 Å². The molecule has 0 aliphatic carbocycles. The maximum atomic E-state index is 13.1. The minimum atomic E-state index is -3.75. The predicted octanol–water partition coefficient (Wildman–Crippen LogP) is 1.38. The number of nitrogens with one attached hydrogen (secondary N) is 2. The van der Waals surface area contributed by atoms with Crippen molar-refractivity contribution in [2.45, 2.75) is 30.7 Å². The smallest absolute Gasteiger partial charge is 0.276 e. The number of sulfonamides is 1. The Morgan fingerprint density at radius 2 is 1.90 bits per heavy atom. The van der Waals surface area contributed by atoms with E-state index in [0.29, 0.717) is 0 Å². The topological polar surface area (TPSA) is 84.2 Å².